The summed E-state index contributed by atoms with van der Waals surface area (Å²) < 4.78 is 0. The van der Waals surface area contributed by atoms with Crippen molar-refractivity contribution in [2.75, 3.05) is 10.6 Å². The van der Waals surface area contributed by atoms with Gasteiger partial charge in [-0.1, -0.05) is 47.5 Å². The molecule has 0 unspecified atom stereocenters. The van der Waals surface area contributed by atoms with Gasteiger partial charge in [-0.25, -0.2) is 0 Å². The van der Waals surface area contributed by atoms with Gasteiger partial charge in [0.2, 0.25) is 11.8 Å². The summed E-state index contributed by atoms with van der Waals surface area (Å²) in [4.78, 5) is 28.5. The van der Waals surface area contributed by atoms with Gasteiger partial charge in [-0.15, -0.1) is 0 Å². The van der Waals surface area contributed by atoms with E-state index in [4.69, 9.17) is 23.2 Å². The van der Waals surface area contributed by atoms with E-state index in [-0.39, 0.29) is 12.1 Å². The number of nitrogens with zero attached hydrogens (tertiary/aromatic N) is 1. The first-order valence-corrected chi connectivity index (χ1v) is 8.17. The van der Waals surface area contributed by atoms with Crippen LogP contribution >= 0.6 is 23.2 Å². The third kappa shape index (κ3) is 4.07. The van der Waals surface area contributed by atoms with Crippen LogP contribution in [-0.4, -0.2) is 16.8 Å². The van der Waals surface area contributed by atoms with Crippen molar-refractivity contribution in [2.45, 2.75) is 6.42 Å². The molecule has 0 saturated heterocycles. The monoisotopic (exact) mass is 373 g/mol. The van der Waals surface area contributed by atoms with Gasteiger partial charge in [-0.3, -0.25) is 14.6 Å². The molecule has 0 aliphatic carbocycles. The van der Waals surface area contributed by atoms with E-state index in [1.165, 1.54) is 0 Å². The number of pyridine rings is 1. The molecule has 3 aromatic rings. The molecule has 126 valence electrons. The molecule has 5 nitrogen and oxygen atoms in total. The molecule has 0 aliphatic heterocycles. The summed E-state index contributed by atoms with van der Waals surface area (Å²) in [5.74, 6) is -0.973. The van der Waals surface area contributed by atoms with Crippen LogP contribution in [0.1, 0.15) is 6.42 Å². The smallest absolute Gasteiger partial charge is 0.233 e. The average Bonchev–Trinajstić information content (AvgIpc) is 2.58. The molecule has 25 heavy (non-hydrogen) atoms. The Bertz CT molecular complexity index is 934. The molecule has 7 heteroatoms. The van der Waals surface area contributed by atoms with Crippen molar-refractivity contribution in [3.63, 3.8) is 0 Å². The molecule has 0 radical (unpaired) electrons. The summed E-state index contributed by atoms with van der Waals surface area (Å²) in [6, 6.07) is 14.0. The molecule has 2 amide bonds. The van der Waals surface area contributed by atoms with Crippen molar-refractivity contribution in [3.05, 3.63) is 64.8 Å². The largest absolute Gasteiger partial charge is 0.324 e. The quantitative estimate of drug-likeness (QED) is 0.660. The third-order valence-corrected chi connectivity index (χ3v) is 4.09. The molecular formula is C18H13Cl2N3O2. The lowest BCUT2D eigenvalue weighted by Gasteiger charge is -2.10. The zero-order valence-electron chi connectivity index (χ0n) is 12.9. The predicted octanol–water partition coefficient (Wildman–Crippen LogP) is 4.51. The molecule has 0 aliphatic rings. The van der Waals surface area contributed by atoms with E-state index in [2.05, 4.69) is 15.6 Å². The van der Waals surface area contributed by atoms with Crippen LogP contribution in [0.25, 0.3) is 10.9 Å². The minimum absolute atomic E-state index is 0.287. The maximum atomic E-state index is 12.2. The third-order valence-electron chi connectivity index (χ3n) is 3.46. The van der Waals surface area contributed by atoms with Gasteiger partial charge in [-0.05, 0) is 24.3 Å². The second-order valence-electron chi connectivity index (χ2n) is 5.25. The number of halogens is 2. The molecule has 0 spiro atoms. The molecule has 1 heterocycles. The van der Waals surface area contributed by atoms with Crippen LogP contribution in [0.3, 0.4) is 0 Å². The first-order valence-electron chi connectivity index (χ1n) is 7.42. The Labute approximate surface area is 154 Å². The molecule has 0 fully saturated rings. The SMILES string of the molecule is O=C(CC(=O)Nc1cccc2cccnc12)Nc1c(Cl)cccc1Cl. The highest BCUT2D eigenvalue weighted by atomic mass is 35.5. The van der Waals surface area contributed by atoms with Crippen LogP contribution in [0, 0.1) is 0 Å². The van der Waals surface area contributed by atoms with Gasteiger partial charge in [0.15, 0.2) is 0 Å². The molecule has 0 bridgehead atoms. The van der Waals surface area contributed by atoms with E-state index in [1.54, 1.807) is 30.5 Å². The van der Waals surface area contributed by atoms with E-state index in [0.29, 0.717) is 21.2 Å². The van der Waals surface area contributed by atoms with E-state index in [9.17, 15) is 9.59 Å². The highest BCUT2D eigenvalue weighted by molar-refractivity contribution is 6.39. The van der Waals surface area contributed by atoms with Gasteiger partial charge < -0.3 is 10.6 Å². The molecule has 2 N–H and O–H groups in total. The fourth-order valence-electron chi connectivity index (χ4n) is 2.35. The summed E-state index contributed by atoms with van der Waals surface area (Å²) in [5.41, 5.74) is 1.50. The van der Waals surface area contributed by atoms with Crippen molar-refractivity contribution in [3.8, 4) is 0 Å². The van der Waals surface area contributed by atoms with Gasteiger partial charge in [-0.2, -0.15) is 0 Å². The van der Waals surface area contributed by atoms with Gasteiger partial charge >= 0.3 is 0 Å². The highest BCUT2D eigenvalue weighted by Crippen LogP contribution is 2.29. The normalized spacial score (nSPS) is 10.5. The summed E-state index contributed by atoms with van der Waals surface area (Å²) in [7, 11) is 0. The Kier molecular flexibility index (Phi) is 5.16. The number of hydrogen-bond acceptors (Lipinski definition) is 3. The van der Waals surface area contributed by atoms with Crippen LogP contribution < -0.4 is 10.6 Å². The number of fused-ring (bicyclic) bond motifs is 1. The van der Waals surface area contributed by atoms with Gasteiger partial charge in [0.1, 0.15) is 6.42 Å². The zero-order valence-corrected chi connectivity index (χ0v) is 14.4. The van der Waals surface area contributed by atoms with Crippen LogP contribution in [0.5, 0.6) is 0 Å². The second kappa shape index (κ2) is 7.51. The van der Waals surface area contributed by atoms with E-state index < -0.39 is 11.8 Å². The summed E-state index contributed by atoms with van der Waals surface area (Å²) in [6.07, 6.45) is 1.27. The summed E-state index contributed by atoms with van der Waals surface area (Å²) in [5, 5.41) is 6.76. The Morgan fingerprint density at radius 3 is 2.28 bits per heavy atom. The van der Waals surface area contributed by atoms with Gasteiger partial charge in [0.05, 0.1) is 26.9 Å². The number of para-hydroxylation sites is 2. The number of carbonyl (C=O) groups excluding carboxylic acids is 2. The summed E-state index contributed by atoms with van der Waals surface area (Å²) in [6.45, 7) is 0. The second-order valence-corrected chi connectivity index (χ2v) is 6.06. The van der Waals surface area contributed by atoms with Crippen molar-refractivity contribution >= 4 is 57.3 Å². The van der Waals surface area contributed by atoms with E-state index >= 15 is 0 Å². The minimum Gasteiger partial charge on any atom is -0.324 e. The first kappa shape index (κ1) is 17.2. The molecular weight excluding hydrogens is 361 g/mol. The number of aromatic nitrogens is 1. The lowest BCUT2D eigenvalue weighted by Crippen LogP contribution is -2.21. The molecule has 3 rings (SSSR count). The Morgan fingerprint density at radius 2 is 1.52 bits per heavy atom. The minimum atomic E-state index is -0.513. The fourth-order valence-corrected chi connectivity index (χ4v) is 2.84. The number of rotatable bonds is 4. The Hall–Kier alpha value is -2.63. The number of amides is 2. The topological polar surface area (TPSA) is 71.1 Å². The number of anilines is 2. The Balaban J connectivity index is 1.69. The van der Waals surface area contributed by atoms with Gasteiger partial charge in [0, 0.05) is 11.6 Å². The van der Waals surface area contributed by atoms with Crippen molar-refractivity contribution in [2.24, 2.45) is 0 Å². The van der Waals surface area contributed by atoms with Crippen molar-refractivity contribution in [1.29, 1.82) is 0 Å². The number of nitrogens with one attached hydrogen (secondary N) is 2. The van der Waals surface area contributed by atoms with Crippen LogP contribution in [0.2, 0.25) is 10.0 Å². The van der Waals surface area contributed by atoms with E-state index in [1.807, 2.05) is 24.3 Å². The van der Waals surface area contributed by atoms with Crippen LogP contribution in [-0.2, 0) is 9.59 Å². The first-order chi connectivity index (χ1) is 12.0. The summed E-state index contributed by atoms with van der Waals surface area (Å²) >= 11 is 12.0. The van der Waals surface area contributed by atoms with Crippen molar-refractivity contribution in [1.82, 2.24) is 4.98 Å². The molecule has 2 aromatic carbocycles. The highest BCUT2D eigenvalue weighted by Gasteiger charge is 2.14. The zero-order chi connectivity index (χ0) is 17.8. The fraction of sp³-hybridized carbons (Fsp3) is 0.0556. The average molecular weight is 374 g/mol. The standard InChI is InChI=1S/C18H13Cl2N3O2/c19-12-6-2-7-13(20)18(12)23-16(25)10-15(24)22-14-8-1-4-11-5-3-9-21-17(11)14/h1-9H,10H2,(H,22,24)(H,23,25). The predicted molar refractivity (Wildman–Crippen MR) is 100 cm³/mol. The van der Waals surface area contributed by atoms with E-state index in [0.717, 1.165) is 5.39 Å². The number of benzene rings is 2. The molecule has 0 atom stereocenters. The van der Waals surface area contributed by atoms with Crippen molar-refractivity contribution < 1.29 is 9.59 Å². The maximum Gasteiger partial charge on any atom is 0.233 e. The van der Waals surface area contributed by atoms with Gasteiger partial charge in [0.25, 0.3) is 0 Å². The number of carbonyl (C=O) groups is 2. The van der Waals surface area contributed by atoms with Crippen LogP contribution in [0.4, 0.5) is 11.4 Å². The van der Waals surface area contributed by atoms with Crippen LogP contribution in [0.15, 0.2) is 54.7 Å². The maximum absolute atomic E-state index is 12.2. The lowest BCUT2D eigenvalue weighted by atomic mass is 10.2. The lowest BCUT2D eigenvalue weighted by molar-refractivity contribution is -0.123. The molecule has 0 saturated carbocycles. The molecule has 1 aromatic heterocycles. The Morgan fingerprint density at radius 1 is 0.880 bits per heavy atom. The number of hydrogen-bond donors (Lipinski definition) is 2.